The van der Waals surface area contributed by atoms with Crippen LogP contribution in [0, 0.1) is 11.3 Å². The van der Waals surface area contributed by atoms with Crippen molar-refractivity contribution in [2.75, 3.05) is 45.4 Å². The molecule has 1 saturated heterocycles. The maximum absolute atomic E-state index is 12.5. The van der Waals surface area contributed by atoms with Crippen molar-refractivity contribution in [2.45, 2.75) is 44.8 Å². The van der Waals surface area contributed by atoms with Gasteiger partial charge < -0.3 is 24.0 Å². The van der Waals surface area contributed by atoms with E-state index in [1.165, 1.54) is 7.11 Å². The van der Waals surface area contributed by atoms with Crippen LogP contribution in [0.15, 0.2) is 30.3 Å². The number of benzene rings is 1. The molecule has 1 aliphatic heterocycles. The number of carbonyl (C=O) groups excluding carboxylic acids is 2. The summed E-state index contributed by atoms with van der Waals surface area (Å²) in [6, 6.07) is 11.1. The van der Waals surface area contributed by atoms with Gasteiger partial charge in [0.1, 0.15) is 24.2 Å². The minimum Gasteiger partial charge on any atom is -0.487 e. The monoisotopic (exact) mass is 492 g/mol. The molecule has 2 heterocycles. The number of anilines is 1. The molecule has 190 valence electrons. The number of nitrogens with zero attached hydrogens (tertiary/aromatic N) is 4. The highest BCUT2D eigenvalue weighted by atomic mass is 16.5. The number of nitriles is 1. The Balaban J connectivity index is 1.50. The van der Waals surface area contributed by atoms with Crippen LogP contribution in [0.25, 0.3) is 0 Å². The fourth-order valence-electron chi connectivity index (χ4n) is 4.46. The molecule has 0 bridgehead atoms. The lowest BCUT2D eigenvalue weighted by atomic mass is 10.1. The molecule has 1 saturated carbocycles. The molecule has 2 fully saturated rings. The number of amides is 1. The number of hydrogen-bond donors (Lipinski definition) is 0. The molecule has 1 aromatic carbocycles. The highest BCUT2D eigenvalue weighted by Crippen LogP contribution is 2.45. The molecular formula is C27H32N4O5. The van der Waals surface area contributed by atoms with Gasteiger partial charge in [0.2, 0.25) is 5.91 Å². The van der Waals surface area contributed by atoms with E-state index in [4.69, 9.17) is 19.2 Å². The molecular weight excluding hydrogens is 460 g/mol. The lowest BCUT2D eigenvalue weighted by Crippen LogP contribution is -2.54. The normalized spacial score (nSPS) is 17.4. The Labute approximate surface area is 211 Å². The van der Waals surface area contributed by atoms with Crippen molar-refractivity contribution in [2.24, 2.45) is 0 Å². The molecule has 0 spiro atoms. The van der Waals surface area contributed by atoms with Gasteiger partial charge in [-0.2, -0.15) is 5.26 Å². The van der Waals surface area contributed by atoms with Crippen molar-refractivity contribution < 1.29 is 23.8 Å². The van der Waals surface area contributed by atoms with Crippen molar-refractivity contribution in [1.82, 2.24) is 9.88 Å². The summed E-state index contributed by atoms with van der Waals surface area (Å²) in [4.78, 5) is 33.1. The second kappa shape index (κ2) is 11.4. The Morgan fingerprint density at radius 3 is 2.53 bits per heavy atom. The second-order valence-corrected chi connectivity index (χ2v) is 9.23. The number of carbonyl (C=O) groups is 2. The Morgan fingerprint density at radius 2 is 1.92 bits per heavy atom. The maximum Gasteiger partial charge on any atom is 0.337 e. The van der Waals surface area contributed by atoms with Gasteiger partial charge in [0, 0.05) is 44.8 Å². The molecule has 0 radical (unpaired) electrons. The summed E-state index contributed by atoms with van der Waals surface area (Å²) in [5.41, 5.74) is 2.71. The molecule has 2 aromatic rings. The maximum atomic E-state index is 12.5. The molecule has 9 heteroatoms. The van der Waals surface area contributed by atoms with E-state index in [-0.39, 0.29) is 17.9 Å². The fourth-order valence-corrected chi connectivity index (χ4v) is 4.46. The Bertz CT molecular complexity index is 1140. The van der Waals surface area contributed by atoms with E-state index in [0.717, 1.165) is 24.1 Å². The number of esters is 1. The molecule has 1 aliphatic carbocycles. The molecule has 1 aromatic heterocycles. The zero-order valence-electron chi connectivity index (χ0n) is 21.0. The molecule has 36 heavy (non-hydrogen) atoms. The molecule has 1 unspecified atom stereocenters. The minimum atomic E-state index is -0.383. The topological polar surface area (TPSA) is 105 Å². The number of aromatic nitrogens is 1. The van der Waals surface area contributed by atoms with Gasteiger partial charge in [-0.1, -0.05) is 12.1 Å². The number of methoxy groups -OCH3 is 2. The Kier molecular flexibility index (Phi) is 8.06. The van der Waals surface area contributed by atoms with Crippen molar-refractivity contribution in [3.63, 3.8) is 0 Å². The largest absolute Gasteiger partial charge is 0.487 e. The van der Waals surface area contributed by atoms with Gasteiger partial charge in [0.05, 0.1) is 37.0 Å². The van der Waals surface area contributed by atoms with Gasteiger partial charge >= 0.3 is 5.97 Å². The zero-order chi connectivity index (χ0) is 25.7. The average molecular weight is 493 g/mol. The van der Waals surface area contributed by atoms with E-state index in [9.17, 15) is 14.9 Å². The van der Waals surface area contributed by atoms with Gasteiger partial charge in [0.25, 0.3) is 0 Å². The van der Waals surface area contributed by atoms with Gasteiger partial charge in [-0.15, -0.1) is 0 Å². The van der Waals surface area contributed by atoms with Crippen LogP contribution in [-0.4, -0.2) is 68.3 Å². The summed E-state index contributed by atoms with van der Waals surface area (Å²) >= 11 is 0. The van der Waals surface area contributed by atoms with E-state index >= 15 is 0 Å². The number of ether oxygens (including phenoxy) is 3. The van der Waals surface area contributed by atoms with Crippen molar-refractivity contribution in [3.05, 3.63) is 52.7 Å². The predicted molar refractivity (Wildman–Crippen MR) is 133 cm³/mol. The quantitative estimate of drug-likeness (QED) is 0.491. The summed E-state index contributed by atoms with van der Waals surface area (Å²) in [7, 11) is 2.95. The summed E-state index contributed by atoms with van der Waals surface area (Å²) < 4.78 is 15.9. The van der Waals surface area contributed by atoms with Crippen molar-refractivity contribution in [3.8, 4) is 11.8 Å². The lowest BCUT2D eigenvalue weighted by molar-refractivity contribution is -0.134. The van der Waals surface area contributed by atoms with Crippen LogP contribution in [-0.2, 0) is 20.9 Å². The van der Waals surface area contributed by atoms with Crippen LogP contribution in [0.1, 0.15) is 59.3 Å². The molecule has 9 nitrogen and oxygen atoms in total. The summed E-state index contributed by atoms with van der Waals surface area (Å²) in [5.74, 6) is 1.30. The number of piperazine rings is 1. The summed E-state index contributed by atoms with van der Waals surface area (Å²) in [6.45, 7) is 4.53. The van der Waals surface area contributed by atoms with Crippen LogP contribution in [0.3, 0.4) is 0 Å². The van der Waals surface area contributed by atoms with E-state index in [1.54, 1.807) is 25.3 Å². The predicted octanol–water partition coefficient (Wildman–Crippen LogP) is 3.27. The highest BCUT2D eigenvalue weighted by molar-refractivity contribution is 5.89. The first-order valence-electron chi connectivity index (χ1n) is 12.2. The van der Waals surface area contributed by atoms with Gasteiger partial charge in [-0.05, 0) is 37.5 Å². The SMILES string of the molecule is COCCC(=O)N1CCN(c2nc(C3CC3)c(OCc3ccc(C(=O)OC)cc3)cc2C#N)CC1C. The van der Waals surface area contributed by atoms with E-state index in [0.29, 0.717) is 67.9 Å². The van der Waals surface area contributed by atoms with E-state index < -0.39 is 0 Å². The third kappa shape index (κ3) is 5.77. The molecule has 2 aliphatic rings. The van der Waals surface area contributed by atoms with E-state index in [2.05, 4.69) is 11.0 Å². The van der Waals surface area contributed by atoms with Crippen LogP contribution >= 0.6 is 0 Å². The van der Waals surface area contributed by atoms with Gasteiger partial charge in [-0.3, -0.25) is 4.79 Å². The zero-order valence-corrected chi connectivity index (χ0v) is 21.0. The van der Waals surface area contributed by atoms with E-state index in [1.807, 2.05) is 24.0 Å². The molecule has 0 N–H and O–H groups in total. The third-order valence-corrected chi connectivity index (χ3v) is 6.62. The summed E-state index contributed by atoms with van der Waals surface area (Å²) in [5, 5.41) is 9.92. The second-order valence-electron chi connectivity index (χ2n) is 9.23. The lowest BCUT2D eigenvalue weighted by Gasteiger charge is -2.40. The van der Waals surface area contributed by atoms with Crippen LogP contribution in [0.2, 0.25) is 0 Å². The first-order valence-corrected chi connectivity index (χ1v) is 12.2. The Hall–Kier alpha value is -3.64. The van der Waals surface area contributed by atoms with Gasteiger partial charge in [0.15, 0.2) is 0 Å². The number of pyridine rings is 1. The number of hydrogen-bond acceptors (Lipinski definition) is 8. The van der Waals surface area contributed by atoms with Crippen molar-refractivity contribution >= 4 is 17.7 Å². The molecule has 1 atom stereocenters. The number of rotatable bonds is 9. The highest BCUT2D eigenvalue weighted by Gasteiger charge is 2.33. The average Bonchev–Trinajstić information content (AvgIpc) is 3.75. The first kappa shape index (κ1) is 25.5. The fraction of sp³-hybridized carbons (Fsp3) is 0.481. The minimum absolute atomic E-state index is 0.00436. The smallest absolute Gasteiger partial charge is 0.337 e. The van der Waals surface area contributed by atoms with Crippen LogP contribution < -0.4 is 9.64 Å². The van der Waals surface area contributed by atoms with Crippen molar-refractivity contribution in [1.29, 1.82) is 5.26 Å². The standard InChI is InChI=1S/C27H32N4O5/c1-18-16-30(11-12-31(18)24(32)10-13-34-2)26-22(15-28)14-23(25(29-26)20-8-9-20)36-17-19-4-6-21(7-5-19)27(33)35-3/h4-7,14,18,20H,8-13,16-17H2,1-3H3. The Morgan fingerprint density at radius 1 is 1.17 bits per heavy atom. The molecule has 1 amide bonds. The summed E-state index contributed by atoms with van der Waals surface area (Å²) in [6.07, 6.45) is 2.45. The van der Waals surface area contributed by atoms with Crippen LogP contribution in [0.4, 0.5) is 5.82 Å². The first-order chi connectivity index (χ1) is 17.4. The van der Waals surface area contributed by atoms with Crippen LogP contribution in [0.5, 0.6) is 5.75 Å². The molecule has 4 rings (SSSR count). The van der Waals surface area contributed by atoms with Gasteiger partial charge in [-0.25, -0.2) is 9.78 Å². The third-order valence-electron chi connectivity index (χ3n) is 6.62.